The topological polar surface area (TPSA) is 49.2 Å². The smallest absolute Gasteiger partial charge is 0.159 e. The zero-order valence-corrected chi connectivity index (χ0v) is 10.4. The molecule has 1 aromatic heterocycles. The zero-order chi connectivity index (χ0) is 13.1. The number of nitrogens with zero attached hydrogens (tertiary/aromatic N) is 3. The van der Waals surface area contributed by atoms with Crippen LogP contribution in [0.5, 0.6) is 0 Å². The van der Waals surface area contributed by atoms with Gasteiger partial charge in [0.1, 0.15) is 6.54 Å². The lowest BCUT2D eigenvalue weighted by Crippen LogP contribution is -2.35. The Bertz CT molecular complexity index is 606. The highest BCUT2D eigenvalue weighted by molar-refractivity contribution is 5.56. The molecule has 4 nitrogen and oxygen atoms in total. The lowest BCUT2D eigenvalue weighted by atomic mass is 10.1. The first kappa shape index (κ1) is 11.7. The van der Waals surface area contributed by atoms with Crippen molar-refractivity contribution in [2.24, 2.45) is 0 Å². The molecule has 3 rings (SSSR count). The summed E-state index contributed by atoms with van der Waals surface area (Å²) in [6.45, 7) is 0.842. The Balaban J connectivity index is 2.01. The van der Waals surface area contributed by atoms with Gasteiger partial charge in [0, 0.05) is 29.2 Å². The molecule has 2 aromatic rings. The summed E-state index contributed by atoms with van der Waals surface area (Å²) < 4.78 is 5.89. The van der Waals surface area contributed by atoms with E-state index in [0.29, 0.717) is 6.61 Å². The molecule has 0 saturated carbocycles. The minimum atomic E-state index is -0.247. The number of anilines is 1. The van der Waals surface area contributed by atoms with Crippen molar-refractivity contribution in [3.05, 3.63) is 59.9 Å². The van der Waals surface area contributed by atoms with Crippen LogP contribution < -0.4 is 4.90 Å². The maximum absolute atomic E-state index is 9.05. The molecule has 0 saturated heterocycles. The molecule has 94 valence electrons. The van der Waals surface area contributed by atoms with Gasteiger partial charge in [-0.25, -0.2) is 0 Å². The molecule has 0 aliphatic carbocycles. The van der Waals surface area contributed by atoms with Crippen molar-refractivity contribution in [1.29, 1.82) is 5.26 Å². The number of fused-ring (bicyclic) bond motifs is 1. The summed E-state index contributed by atoms with van der Waals surface area (Å²) in [6, 6.07) is 14.1. The molecule has 1 aliphatic heterocycles. The highest BCUT2D eigenvalue weighted by Crippen LogP contribution is 2.35. The molecule has 0 fully saturated rings. The second kappa shape index (κ2) is 5.09. The van der Waals surface area contributed by atoms with Crippen molar-refractivity contribution in [3.63, 3.8) is 0 Å². The van der Waals surface area contributed by atoms with E-state index in [9.17, 15) is 0 Å². The molecule has 1 aliphatic rings. The molecule has 0 bridgehead atoms. The van der Waals surface area contributed by atoms with Crippen molar-refractivity contribution in [1.82, 2.24) is 4.98 Å². The quantitative estimate of drug-likeness (QED) is 0.770. The van der Waals surface area contributed by atoms with Crippen LogP contribution in [0.25, 0.3) is 0 Å². The predicted molar refractivity (Wildman–Crippen MR) is 71.2 cm³/mol. The number of para-hydroxylation sites is 1. The third-order valence-electron chi connectivity index (χ3n) is 3.19. The summed E-state index contributed by atoms with van der Waals surface area (Å²) in [5.41, 5.74) is 3.13. The van der Waals surface area contributed by atoms with Gasteiger partial charge in [-0.3, -0.25) is 4.98 Å². The van der Waals surface area contributed by atoms with E-state index in [1.165, 1.54) is 0 Å². The minimum absolute atomic E-state index is 0.247. The number of pyridine rings is 1. The Labute approximate surface area is 111 Å². The van der Waals surface area contributed by atoms with Crippen LogP contribution in [0.15, 0.2) is 48.8 Å². The summed E-state index contributed by atoms with van der Waals surface area (Å²) >= 11 is 0. The minimum Gasteiger partial charge on any atom is -0.349 e. The van der Waals surface area contributed by atoms with E-state index in [-0.39, 0.29) is 12.8 Å². The summed E-state index contributed by atoms with van der Waals surface area (Å²) in [7, 11) is 0. The normalized spacial score (nSPS) is 17.6. The van der Waals surface area contributed by atoms with Crippen LogP contribution in [-0.4, -0.2) is 11.5 Å². The molecule has 1 atom stereocenters. The maximum atomic E-state index is 9.05. The number of aromatic nitrogens is 1. The van der Waals surface area contributed by atoms with Crippen molar-refractivity contribution < 1.29 is 4.74 Å². The average Bonchev–Trinajstić information content (AvgIpc) is 2.49. The van der Waals surface area contributed by atoms with E-state index < -0.39 is 0 Å². The van der Waals surface area contributed by atoms with Crippen molar-refractivity contribution >= 4 is 5.69 Å². The number of hydrogen-bond donors (Lipinski definition) is 0. The van der Waals surface area contributed by atoms with Gasteiger partial charge >= 0.3 is 0 Å². The van der Waals surface area contributed by atoms with Crippen LogP contribution in [0, 0.1) is 11.3 Å². The van der Waals surface area contributed by atoms with Gasteiger partial charge in [-0.1, -0.05) is 24.3 Å². The second-order valence-electron chi connectivity index (χ2n) is 4.36. The molecule has 2 heterocycles. The SMILES string of the molecule is N#CCN1c2ccccc2COC1c1cccnc1. The lowest BCUT2D eigenvalue weighted by molar-refractivity contribution is 0.0283. The van der Waals surface area contributed by atoms with Crippen molar-refractivity contribution in [2.75, 3.05) is 11.4 Å². The maximum Gasteiger partial charge on any atom is 0.159 e. The molecular formula is C15H13N3O. The molecule has 1 aromatic carbocycles. The van der Waals surface area contributed by atoms with Crippen LogP contribution in [0.3, 0.4) is 0 Å². The Morgan fingerprint density at radius 2 is 2.21 bits per heavy atom. The zero-order valence-electron chi connectivity index (χ0n) is 10.4. The molecule has 1 unspecified atom stereocenters. The Morgan fingerprint density at radius 1 is 1.32 bits per heavy atom. The fraction of sp³-hybridized carbons (Fsp3) is 0.200. The predicted octanol–water partition coefficient (Wildman–Crippen LogP) is 2.64. The summed E-state index contributed by atoms with van der Waals surface area (Å²) in [4.78, 5) is 6.09. The van der Waals surface area contributed by atoms with E-state index in [0.717, 1.165) is 16.8 Å². The number of ether oxygens (including phenoxy) is 1. The second-order valence-corrected chi connectivity index (χ2v) is 4.36. The van der Waals surface area contributed by atoms with Crippen molar-refractivity contribution in [2.45, 2.75) is 12.8 Å². The van der Waals surface area contributed by atoms with Gasteiger partial charge in [0.15, 0.2) is 6.23 Å². The van der Waals surface area contributed by atoms with Crippen LogP contribution in [0.4, 0.5) is 5.69 Å². The molecule has 19 heavy (non-hydrogen) atoms. The van der Waals surface area contributed by atoms with Gasteiger partial charge in [-0.15, -0.1) is 0 Å². The highest BCUT2D eigenvalue weighted by Gasteiger charge is 2.27. The Hall–Kier alpha value is -2.38. The fourth-order valence-corrected chi connectivity index (χ4v) is 2.34. The van der Waals surface area contributed by atoms with E-state index in [2.05, 4.69) is 11.1 Å². The van der Waals surface area contributed by atoms with Gasteiger partial charge in [0.25, 0.3) is 0 Å². The highest BCUT2D eigenvalue weighted by atomic mass is 16.5. The van der Waals surface area contributed by atoms with Crippen molar-refractivity contribution in [3.8, 4) is 6.07 Å². The first-order valence-corrected chi connectivity index (χ1v) is 6.13. The van der Waals surface area contributed by atoms with Gasteiger partial charge < -0.3 is 9.64 Å². The molecule has 0 N–H and O–H groups in total. The summed E-state index contributed by atoms with van der Waals surface area (Å²) in [6.07, 6.45) is 3.26. The molecule has 0 amide bonds. The van der Waals surface area contributed by atoms with Crippen LogP contribution >= 0.6 is 0 Å². The Kier molecular flexibility index (Phi) is 3.13. The van der Waals surface area contributed by atoms with E-state index in [1.807, 2.05) is 41.3 Å². The molecular weight excluding hydrogens is 238 g/mol. The molecule has 0 spiro atoms. The number of hydrogen-bond acceptors (Lipinski definition) is 4. The largest absolute Gasteiger partial charge is 0.349 e. The van der Waals surface area contributed by atoms with E-state index >= 15 is 0 Å². The summed E-state index contributed by atoms with van der Waals surface area (Å²) in [5, 5.41) is 9.05. The molecule has 4 heteroatoms. The monoisotopic (exact) mass is 251 g/mol. The first-order chi connectivity index (χ1) is 9.40. The van der Waals surface area contributed by atoms with Gasteiger partial charge in [0.05, 0.1) is 12.7 Å². The van der Waals surface area contributed by atoms with Crippen LogP contribution in [0.2, 0.25) is 0 Å². The molecule has 0 radical (unpaired) electrons. The van der Waals surface area contributed by atoms with Crippen LogP contribution in [-0.2, 0) is 11.3 Å². The third kappa shape index (κ3) is 2.16. The first-order valence-electron chi connectivity index (χ1n) is 6.13. The standard InChI is InChI=1S/C15H13N3O/c16-7-9-18-14-6-2-1-4-13(14)11-19-15(18)12-5-3-8-17-10-12/h1-6,8,10,15H,9,11H2. The number of benzene rings is 1. The van der Waals surface area contributed by atoms with Gasteiger partial charge in [-0.2, -0.15) is 5.26 Å². The number of nitriles is 1. The summed E-state index contributed by atoms with van der Waals surface area (Å²) in [5.74, 6) is 0. The van der Waals surface area contributed by atoms with Crippen LogP contribution in [0.1, 0.15) is 17.4 Å². The van der Waals surface area contributed by atoms with E-state index in [4.69, 9.17) is 10.00 Å². The lowest BCUT2D eigenvalue weighted by Gasteiger charge is -2.37. The number of rotatable bonds is 2. The third-order valence-corrected chi connectivity index (χ3v) is 3.19. The average molecular weight is 251 g/mol. The van der Waals surface area contributed by atoms with E-state index in [1.54, 1.807) is 12.4 Å². The van der Waals surface area contributed by atoms with Gasteiger partial charge in [0.2, 0.25) is 0 Å². The Morgan fingerprint density at radius 3 is 3.00 bits per heavy atom. The van der Waals surface area contributed by atoms with Gasteiger partial charge in [-0.05, 0) is 12.1 Å². The fourth-order valence-electron chi connectivity index (χ4n) is 2.34.